The van der Waals surface area contributed by atoms with Gasteiger partial charge in [0.2, 0.25) is 0 Å². The normalized spacial score (nSPS) is 11.7. The Morgan fingerprint density at radius 3 is 2.41 bits per heavy atom. The van der Waals surface area contributed by atoms with E-state index in [2.05, 4.69) is 50.2 Å². The molecule has 0 heterocycles. The number of fused-ring (bicyclic) bond motifs is 3. The van der Waals surface area contributed by atoms with Crippen LogP contribution < -0.4 is 0 Å². The third kappa shape index (κ3) is 3.80. The number of rotatable bonds is 6. The van der Waals surface area contributed by atoms with Crippen LogP contribution in [0, 0.1) is 6.07 Å². The molecule has 2 aromatic carbocycles. The Kier molecular flexibility index (Phi) is 6.63. The standard InChI is InChI=1S/C21H25.Zr/c1-3-5-7-16-9-11-20-18(13-16)15-19-14-17(8-6-4-2)10-12-21(19)20;/h9-13H,3-8,15H2,1-2H3;/q-1;. The van der Waals surface area contributed by atoms with E-state index in [1.165, 1.54) is 71.9 Å². The van der Waals surface area contributed by atoms with Gasteiger partial charge in [0.25, 0.3) is 0 Å². The minimum atomic E-state index is 0. The molecule has 3 rings (SSSR count). The van der Waals surface area contributed by atoms with Gasteiger partial charge in [-0.2, -0.15) is 23.8 Å². The molecule has 1 aliphatic carbocycles. The minimum Gasteiger partial charge on any atom is -0.176 e. The molecule has 0 atom stereocenters. The van der Waals surface area contributed by atoms with Crippen molar-refractivity contribution in [3.05, 3.63) is 58.7 Å². The van der Waals surface area contributed by atoms with Crippen molar-refractivity contribution in [3.63, 3.8) is 0 Å². The van der Waals surface area contributed by atoms with Crippen LogP contribution in [0.25, 0.3) is 11.1 Å². The molecule has 0 aliphatic heterocycles. The maximum Gasteiger partial charge on any atom is 0 e. The van der Waals surface area contributed by atoms with Crippen LogP contribution in [-0.4, -0.2) is 0 Å². The third-order valence-electron chi connectivity index (χ3n) is 4.53. The van der Waals surface area contributed by atoms with Crippen molar-refractivity contribution in [2.24, 2.45) is 0 Å². The monoisotopic (exact) mass is 367 g/mol. The Morgan fingerprint density at radius 1 is 0.909 bits per heavy atom. The summed E-state index contributed by atoms with van der Waals surface area (Å²) < 4.78 is 0. The summed E-state index contributed by atoms with van der Waals surface area (Å²) in [7, 11) is 0. The van der Waals surface area contributed by atoms with Gasteiger partial charge in [-0.15, -0.1) is 11.1 Å². The van der Waals surface area contributed by atoms with E-state index in [4.69, 9.17) is 0 Å². The van der Waals surface area contributed by atoms with Crippen LogP contribution in [0.4, 0.5) is 0 Å². The Hall–Kier alpha value is -0.677. The summed E-state index contributed by atoms with van der Waals surface area (Å²) in [5.41, 5.74) is 8.63. The second kappa shape index (κ2) is 8.25. The zero-order chi connectivity index (χ0) is 14.7. The molecule has 2 aromatic rings. The van der Waals surface area contributed by atoms with Gasteiger partial charge in [0.05, 0.1) is 0 Å². The van der Waals surface area contributed by atoms with Gasteiger partial charge < -0.3 is 0 Å². The number of benzene rings is 2. The first-order chi connectivity index (χ1) is 10.3. The van der Waals surface area contributed by atoms with Gasteiger partial charge in [-0.05, 0) is 30.4 Å². The topological polar surface area (TPSA) is 0 Å². The summed E-state index contributed by atoms with van der Waals surface area (Å²) in [5, 5.41) is 0. The predicted octanol–water partition coefficient (Wildman–Crippen LogP) is 5.74. The van der Waals surface area contributed by atoms with Gasteiger partial charge in [-0.25, -0.2) is 0 Å². The molecule has 22 heavy (non-hydrogen) atoms. The smallest absolute Gasteiger partial charge is 0 e. The third-order valence-corrected chi connectivity index (χ3v) is 4.53. The molecule has 0 spiro atoms. The summed E-state index contributed by atoms with van der Waals surface area (Å²) in [6.07, 6.45) is 8.54. The number of aryl methyl sites for hydroxylation is 2. The van der Waals surface area contributed by atoms with E-state index in [0.29, 0.717) is 0 Å². The predicted molar refractivity (Wildman–Crippen MR) is 90.7 cm³/mol. The van der Waals surface area contributed by atoms with Crippen LogP contribution in [0.3, 0.4) is 0 Å². The van der Waals surface area contributed by atoms with E-state index in [-0.39, 0.29) is 26.2 Å². The van der Waals surface area contributed by atoms with Gasteiger partial charge >= 0.3 is 0 Å². The van der Waals surface area contributed by atoms with Gasteiger partial charge in [-0.1, -0.05) is 63.3 Å². The fraction of sp³-hybridized carbons (Fsp3) is 0.429. The van der Waals surface area contributed by atoms with E-state index in [1.54, 1.807) is 0 Å². The van der Waals surface area contributed by atoms with Gasteiger partial charge in [-0.3, -0.25) is 0 Å². The zero-order valence-corrected chi connectivity index (χ0v) is 16.3. The molecule has 0 saturated carbocycles. The Labute approximate surface area is 154 Å². The van der Waals surface area contributed by atoms with E-state index in [9.17, 15) is 0 Å². The van der Waals surface area contributed by atoms with Crippen molar-refractivity contribution in [1.82, 2.24) is 0 Å². The molecule has 0 amide bonds. The van der Waals surface area contributed by atoms with Gasteiger partial charge in [0, 0.05) is 26.2 Å². The molecule has 0 saturated heterocycles. The summed E-state index contributed by atoms with van der Waals surface area (Å²) in [4.78, 5) is 0. The fourth-order valence-electron chi connectivity index (χ4n) is 3.28. The molecular formula is C21H25Zr-. The first-order valence-electron chi connectivity index (χ1n) is 8.48. The van der Waals surface area contributed by atoms with Crippen LogP contribution in [0.2, 0.25) is 0 Å². The molecular weight excluding hydrogens is 343 g/mol. The van der Waals surface area contributed by atoms with Crippen molar-refractivity contribution >= 4 is 0 Å². The second-order valence-corrected chi connectivity index (χ2v) is 6.25. The molecule has 0 N–H and O–H groups in total. The SMILES string of the molecule is CCCCc1[c-]c2c(cc1)-c1ccc(CCCC)cc1C2.[Zr]. The molecule has 0 fully saturated rings. The Morgan fingerprint density at radius 2 is 1.64 bits per heavy atom. The number of unbranched alkanes of at least 4 members (excludes halogenated alkanes) is 2. The van der Waals surface area contributed by atoms with E-state index >= 15 is 0 Å². The molecule has 0 bridgehead atoms. The maximum absolute atomic E-state index is 3.67. The number of hydrogen-bond acceptors (Lipinski definition) is 0. The maximum atomic E-state index is 3.67. The first kappa shape index (κ1) is 17.7. The van der Waals surface area contributed by atoms with Gasteiger partial charge in [0.1, 0.15) is 0 Å². The number of hydrogen-bond donors (Lipinski definition) is 0. The largest absolute Gasteiger partial charge is 0.176 e. The molecule has 114 valence electrons. The molecule has 0 radical (unpaired) electrons. The average molecular weight is 369 g/mol. The summed E-state index contributed by atoms with van der Waals surface area (Å²) in [6, 6.07) is 15.3. The zero-order valence-electron chi connectivity index (χ0n) is 13.8. The van der Waals surface area contributed by atoms with E-state index in [0.717, 1.165) is 6.42 Å². The first-order valence-corrected chi connectivity index (χ1v) is 8.48. The summed E-state index contributed by atoms with van der Waals surface area (Å²) >= 11 is 0. The Balaban J connectivity index is 0.00000176. The molecule has 1 heteroatoms. The van der Waals surface area contributed by atoms with Crippen molar-refractivity contribution < 1.29 is 26.2 Å². The summed E-state index contributed by atoms with van der Waals surface area (Å²) in [6.45, 7) is 4.51. The van der Waals surface area contributed by atoms with E-state index in [1.807, 2.05) is 0 Å². The molecule has 0 unspecified atom stereocenters. The quantitative estimate of drug-likeness (QED) is 0.487. The van der Waals surface area contributed by atoms with Crippen LogP contribution >= 0.6 is 0 Å². The van der Waals surface area contributed by atoms with Crippen molar-refractivity contribution in [2.45, 2.75) is 58.8 Å². The van der Waals surface area contributed by atoms with Crippen LogP contribution in [0.1, 0.15) is 61.8 Å². The minimum absolute atomic E-state index is 0. The molecule has 0 aromatic heterocycles. The molecule has 0 nitrogen and oxygen atoms in total. The molecule has 1 aliphatic rings. The van der Waals surface area contributed by atoms with Crippen LogP contribution in [0.15, 0.2) is 30.3 Å². The van der Waals surface area contributed by atoms with Gasteiger partial charge in [0.15, 0.2) is 0 Å². The van der Waals surface area contributed by atoms with Crippen molar-refractivity contribution in [2.75, 3.05) is 0 Å². The second-order valence-electron chi connectivity index (χ2n) is 6.25. The summed E-state index contributed by atoms with van der Waals surface area (Å²) in [5.74, 6) is 0. The van der Waals surface area contributed by atoms with Crippen molar-refractivity contribution in [3.8, 4) is 11.1 Å². The van der Waals surface area contributed by atoms with Crippen LogP contribution in [0.5, 0.6) is 0 Å². The van der Waals surface area contributed by atoms with E-state index < -0.39 is 0 Å². The van der Waals surface area contributed by atoms with Crippen LogP contribution in [-0.2, 0) is 45.5 Å². The Bertz CT molecular complexity index is 572. The van der Waals surface area contributed by atoms with Crippen molar-refractivity contribution in [1.29, 1.82) is 0 Å². The fourth-order valence-corrected chi connectivity index (χ4v) is 3.28. The average Bonchev–Trinajstić information content (AvgIpc) is 2.87.